The fourth-order valence-corrected chi connectivity index (χ4v) is 2.07. The largest absolute Gasteiger partial charge is 0.494 e. The molecule has 0 saturated carbocycles. The van der Waals surface area contributed by atoms with Crippen molar-refractivity contribution in [3.8, 4) is 16.9 Å². The third-order valence-electron chi connectivity index (χ3n) is 3.07. The standard InChI is InChI=1S/C14H15FN2O/c1-8-11(5-6-12(18-4)14(8)15)13-9(2)16-7-17-10(13)3/h5-7H,1-4H3. The predicted molar refractivity (Wildman–Crippen MR) is 68.2 cm³/mol. The monoisotopic (exact) mass is 246 g/mol. The maximum absolute atomic E-state index is 14.0. The highest BCUT2D eigenvalue weighted by atomic mass is 19.1. The van der Waals surface area contributed by atoms with Crippen molar-refractivity contribution >= 4 is 0 Å². The molecule has 0 aliphatic heterocycles. The van der Waals surface area contributed by atoms with E-state index in [2.05, 4.69) is 9.97 Å². The second-order valence-electron chi connectivity index (χ2n) is 4.17. The van der Waals surface area contributed by atoms with E-state index in [1.165, 1.54) is 13.4 Å². The van der Waals surface area contributed by atoms with Gasteiger partial charge in [0, 0.05) is 17.0 Å². The van der Waals surface area contributed by atoms with Crippen molar-refractivity contribution in [2.75, 3.05) is 7.11 Å². The minimum absolute atomic E-state index is 0.253. The van der Waals surface area contributed by atoms with Crippen molar-refractivity contribution < 1.29 is 9.13 Å². The molecule has 2 aromatic rings. The molecule has 0 aliphatic rings. The molecule has 3 nitrogen and oxygen atoms in total. The maximum Gasteiger partial charge on any atom is 0.168 e. The number of hydrogen-bond acceptors (Lipinski definition) is 3. The van der Waals surface area contributed by atoms with E-state index in [9.17, 15) is 4.39 Å². The number of halogens is 1. The van der Waals surface area contributed by atoms with Gasteiger partial charge < -0.3 is 4.74 Å². The Labute approximate surface area is 106 Å². The fraction of sp³-hybridized carbons (Fsp3) is 0.286. The molecule has 0 fully saturated rings. The lowest BCUT2D eigenvalue weighted by molar-refractivity contribution is 0.385. The Morgan fingerprint density at radius 2 is 1.67 bits per heavy atom. The van der Waals surface area contributed by atoms with E-state index < -0.39 is 0 Å². The van der Waals surface area contributed by atoms with Gasteiger partial charge in [-0.05, 0) is 38.0 Å². The van der Waals surface area contributed by atoms with Gasteiger partial charge >= 0.3 is 0 Å². The highest BCUT2D eigenvalue weighted by Crippen LogP contribution is 2.32. The van der Waals surface area contributed by atoms with Crippen molar-refractivity contribution in [3.63, 3.8) is 0 Å². The van der Waals surface area contributed by atoms with E-state index in [1.807, 2.05) is 19.9 Å². The van der Waals surface area contributed by atoms with Crippen LogP contribution in [0.15, 0.2) is 18.5 Å². The van der Waals surface area contributed by atoms with Crippen LogP contribution in [-0.2, 0) is 0 Å². The smallest absolute Gasteiger partial charge is 0.168 e. The maximum atomic E-state index is 14.0. The number of ether oxygens (including phenoxy) is 1. The van der Waals surface area contributed by atoms with E-state index in [1.54, 1.807) is 13.0 Å². The minimum Gasteiger partial charge on any atom is -0.494 e. The van der Waals surface area contributed by atoms with E-state index in [4.69, 9.17) is 4.74 Å². The SMILES string of the molecule is COc1ccc(-c2c(C)ncnc2C)c(C)c1F. The van der Waals surface area contributed by atoms with Gasteiger partial charge in [-0.15, -0.1) is 0 Å². The van der Waals surface area contributed by atoms with E-state index in [0.717, 1.165) is 22.5 Å². The normalized spacial score (nSPS) is 10.5. The van der Waals surface area contributed by atoms with Gasteiger partial charge in [0.25, 0.3) is 0 Å². The Bertz CT molecular complexity index is 576. The van der Waals surface area contributed by atoms with Crippen LogP contribution in [-0.4, -0.2) is 17.1 Å². The summed E-state index contributed by atoms with van der Waals surface area (Å²) in [6.07, 6.45) is 1.52. The summed E-state index contributed by atoms with van der Waals surface area (Å²) >= 11 is 0. The molecule has 1 heterocycles. The highest BCUT2D eigenvalue weighted by Gasteiger charge is 2.15. The summed E-state index contributed by atoms with van der Waals surface area (Å²) in [6.45, 7) is 5.52. The molecule has 2 rings (SSSR count). The molecule has 18 heavy (non-hydrogen) atoms. The van der Waals surface area contributed by atoms with Gasteiger partial charge in [0.15, 0.2) is 11.6 Å². The lowest BCUT2D eigenvalue weighted by Crippen LogP contribution is -1.99. The Kier molecular flexibility index (Phi) is 3.28. The lowest BCUT2D eigenvalue weighted by Gasteiger charge is -2.13. The van der Waals surface area contributed by atoms with E-state index >= 15 is 0 Å². The first-order valence-corrected chi connectivity index (χ1v) is 5.68. The van der Waals surface area contributed by atoms with Crippen LogP contribution in [0.25, 0.3) is 11.1 Å². The average Bonchev–Trinajstić information content (AvgIpc) is 2.34. The molecule has 0 N–H and O–H groups in total. The summed E-state index contributed by atoms with van der Waals surface area (Å²) in [6, 6.07) is 3.47. The van der Waals surface area contributed by atoms with Gasteiger partial charge in [0.2, 0.25) is 0 Å². The van der Waals surface area contributed by atoms with Crippen LogP contribution >= 0.6 is 0 Å². The molecule has 1 aromatic carbocycles. The Hall–Kier alpha value is -1.97. The van der Waals surface area contributed by atoms with Crippen molar-refractivity contribution in [2.45, 2.75) is 20.8 Å². The number of rotatable bonds is 2. The van der Waals surface area contributed by atoms with Gasteiger partial charge in [-0.1, -0.05) is 6.07 Å². The Balaban J connectivity index is 2.69. The van der Waals surface area contributed by atoms with Crippen LogP contribution in [0.5, 0.6) is 5.75 Å². The highest BCUT2D eigenvalue weighted by molar-refractivity contribution is 5.72. The summed E-state index contributed by atoms with van der Waals surface area (Å²) in [5, 5.41) is 0. The van der Waals surface area contributed by atoms with Crippen molar-refractivity contribution in [1.29, 1.82) is 0 Å². The van der Waals surface area contributed by atoms with Gasteiger partial charge in [-0.3, -0.25) is 0 Å². The zero-order valence-corrected chi connectivity index (χ0v) is 10.9. The molecule has 0 unspecified atom stereocenters. The van der Waals surface area contributed by atoms with Gasteiger partial charge in [0.1, 0.15) is 6.33 Å². The molecular weight excluding hydrogens is 231 g/mol. The Morgan fingerprint density at radius 3 is 2.22 bits per heavy atom. The van der Waals surface area contributed by atoms with Gasteiger partial charge in [0.05, 0.1) is 7.11 Å². The summed E-state index contributed by atoms with van der Waals surface area (Å²) < 4.78 is 19.0. The minimum atomic E-state index is -0.336. The average molecular weight is 246 g/mol. The summed E-state index contributed by atoms with van der Waals surface area (Å²) in [5.74, 6) is -0.0824. The van der Waals surface area contributed by atoms with E-state index in [-0.39, 0.29) is 11.6 Å². The molecule has 0 radical (unpaired) electrons. The first-order chi connectivity index (χ1) is 8.56. The molecule has 0 spiro atoms. The van der Waals surface area contributed by atoms with Crippen LogP contribution in [0.1, 0.15) is 17.0 Å². The molecule has 0 aliphatic carbocycles. The second-order valence-corrected chi connectivity index (χ2v) is 4.17. The zero-order valence-electron chi connectivity index (χ0n) is 10.9. The Morgan fingerprint density at radius 1 is 1.06 bits per heavy atom. The summed E-state index contributed by atoms with van der Waals surface area (Å²) in [7, 11) is 1.46. The summed E-state index contributed by atoms with van der Waals surface area (Å²) in [5.41, 5.74) is 3.93. The first kappa shape index (κ1) is 12.5. The third kappa shape index (κ3) is 1.94. The number of hydrogen-bond donors (Lipinski definition) is 0. The number of aromatic nitrogens is 2. The number of benzene rings is 1. The van der Waals surface area contributed by atoms with Crippen LogP contribution in [0, 0.1) is 26.6 Å². The molecule has 0 amide bonds. The number of nitrogens with zero attached hydrogens (tertiary/aromatic N) is 2. The van der Waals surface area contributed by atoms with Crippen LogP contribution in [0.4, 0.5) is 4.39 Å². The molecule has 4 heteroatoms. The lowest BCUT2D eigenvalue weighted by atomic mass is 9.97. The fourth-order valence-electron chi connectivity index (χ4n) is 2.07. The van der Waals surface area contributed by atoms with Crippen LogP contribution < -0.4 is 4.74 Å². The molecular formula is C14H15FN2O. The van der Waals surface area contributed by atoms with Crippen LogP contribution in [0.3, 0.4) is 0 Å². The third-order valence-corrected chi connectivity index (χ3v) is 3.07. The molecule has 0 saturated heterocycles. The first-order valence-electron chi connectivity index (χ1n) is 5.68. The topological polar surface area (TPSA) is 35.0 Å². The van der Waals surface area contributed by atoms with E-state index in [0.29, 0.717) is 5.56 Å². The van der Waals surface area contributed by atoms with Crippen molar-refractivity contribution in [3.05, 3.63) is 41.2 Å². The molecule has 0 atom stereocenters. The number of aryl methyl sites for hydroxylation is 2. The number of methoxy groups -OCH3 is 1. The van der Waals surface area contributed by atoms with Gasteiger partial charge in [-0.25, -0.2) is 14.4 Å². The summed E-state index contributed by atoms with van der Waals surface area (Å²) in [4.78, 5) is 8.33. The van der Waals surface area contributed by atoms with Crippen molar-refractivity contribution in [2.24, 2.45) is 0 Å². The van der Waals surface area contributed by atoms with Crippen LogP contribution in [0.2, 0.25) is 0 Å². The molecule has 1 aromatic heterocycles. The van der Waals surface area contributed by atoms with Crippen molar-refractivity contribution in [1.82, 2.24) is 9.97 Å². The predicted octanol–water partition coefficient (Wildman–Crippen LogP) is 3.22. The van der Waals surface area contributed by atoms with Gasteiger partial charge in [-0.2, -0.15) is 0 Å². The quantitative estimate of drug-likeness (QED) is 0.816. The molecule has 0 bridgehead atoms. The second kappa shape index (κ2) is 4.72. The zero-order chi connectivity index (χ0) is 13.3. The molecule has 94 valence electrons.